The van der Waals surface area contributed by atoms with E-state index in [1.807, 2.05) is 134 Å². The number of aromatic nitrogens is 3. The molecule has 2 aromatic heterocycles. The molecule has 0 spiro atoms. The number of aliphatic hydroxyl groups is 1. The van der Waals surface area contributed by atoms with Crippen molar-refractivity contribution < 1.29 is 28.8 Å². The highest BCUT2D eigenvalue weighted by Gasteiger charge is 2.49. The number of hydrogen-bond acceptors (Lipinski definition) is 8. The highest BCUT2D eigenvalue weighted by Crippen LogP contribution is 2.37. The van der Waals surface area contributed by atoms with Crippen LogP contribution in [0.4, 0.5) is 0 Å². The zero-order valence-corrected chi connectivity index (χ0v) is 29.7. The van der Waals surface area contributed by atoms with Crippen molar-refractivity contribution in [2.45, 2.75) is 70.1 Å². The molecular formula is C42H42ClN3O6. The third kappa shape index (κ3) is 8.60. The molecule has 4 aromatic carbocycles. The lowest BCUT2D eigenvalue weighted by molar-refractivity contribution is -0.185. The van der Waals surface area contributed by atoms with E-state index in [1.54, 1.807) is 4.57 Å². The van der Waals surface area contributed by atoms with Crippen molar-refractivity contribution in [3.05, 3.63) is 167 Å². The normalized spacial score (nSPS) is 22.0. The predicted octanol–water partition coefficient (Wildman–Crippen LogP) is 7.62. The SMILES string of the molecule is Cc1cn([C@@H]2O[C@H](COCc3ccccc3)[C@@H](OCc3ccccc3)[C@H](OCc3ccccc3)[C@@H](OCc3ccccc3)[C@H]2O)c2ncnc(Cl)c12. The monoisotopic (exact) mass is 719 g/mol. The van der Waals surface area contributed by atoms with Crippen LogP contribution < -0.4 is 0 Å². The fourth-order valence-electron chi connectivity index (χ4n) is 6.63. The molecule has 10 heteroatoms. The molecule has 1 saturated heterocycles. The molecule has 6 aromatic rings. The summed E-state index contributed by atoms with van der Waals surface area (Å²) in [6.45, 7) is 3.18. The molecule has 7 rings (SSSR count). The van der Waals surface area contributed by atoms with Gasteiger partial charge in [0, 0.05) is 6.20 Å². The summed E-state index contributed by atoms with van der Waals surface area (Å²) in [5, 5.41) is 13.5. The Balaban J connectivity index is 1.31. The summed E-state index contributed by atoms with van der Waals surface area (Å²) < 4.78 is 35.5. The smallest absolute Gasteiger partial charge is 0.164 e. The Labute approximate surface area is 308 Å². The van der Waals surface area contributed by atoms with E-state index in [2.05, 4.69) is 9.97 Å². The van der Waals surface area contributed by atoms with Gasteiger partial charge in [-0.2, -0.15) is 0 Å². The summed E-state index contributed by atoms with van der Waals surface area (Å²) >= 11 is 6.58. The van der Waals surface area contributed by atoms with Crippen molar-refractivity contribution in [1.82, 2.24) is 14.5 Å². The number of rotatable bonds is 14. The lowest BCUT2D eigenvalue weighted by atomic mass is 9.99. The summed E-state index contributed by atoms with van der Waals surface area (Å²) in [5.41, 5.74) is 5.29. The van der Waals surface area contributed by atoms with Crippen molar-refractivity contribution in [2.75, 3.05) is 6.61 Å². The molecule has 0 aliphatic carbocycles. The van der Waals surface area contributed by atoms with Crippen molar-refractivity contribution in [3.63, 3.8) is 0 Å². The molecule has 0 bridgehead atoms. The lowest BCUT2D eigenvalue weighted by Gasteiger charge is -2.35. The van der Waals surface area contributed by atoms with Gasteiger partial charge in [-0.25, -0.2) is 9.97 Å². The predicted molar refractivity (Wildman–Crippen MR) is 198 cm³/mol. The number of ether oxygens (including phenoxy) is 5. The summed E-state index contributed by atoms with van der Waals surface area (Å²) in [7, 11) is 0. The average Bonchev–Trinajstić information content (AvgIpc) is 3.48. The van der Waals surface area contributed by atoms with Gasteiger partial charge in [-0.1, -0.05) is 133 Å². The summed E-state index contributed by atoms with van der Waals surface area (Å²) in [4.78, 5) is 8.79. The summed E-state index contributed by atoms with van der Waals surface area (Å²) in [6.07, 6.45) is -2.10. The van der Waals surface area contributed by atoms with Gasteiger partial charge < -0.3 is 33.4 Å². The Morgan fingerprint density at radius 1 is 0.654 bits per heavy atom. The van der Waals surface area contributed by atoms with Crippen LogP contribution in [0, 0.1) is 6.92 Å². The van der Waals surface area contributed by atoms with Crippen LogP contribution in [0.25, 0.3) is 11.0 Å². The van der Waals surface area contributed by atoms with Gasteiger partial charge in [0.15, 0.2) is 6.23 Å². The van der Waals surface area contributed by atoms with E-state index >= 15 is 0 Å². The number of benzene rings is 4. The van der Waals surface area contributed by atoms with Crippen LogP contribution in [-0.2, 0) is 50.1 Å². The molecule has 0 amide bonds. The Bertz CT molecular complexity index is 1980. The van der Waals surface area contributed by atoms with Gasteiger partial charge in [-0.05, 0) is 34.7 Å². The first-order chi connectivity index (χ1) is 25.5. The maximum absolute atomic E-state index is 12.5. The maximum Gasteiger partial charge on any atom is 0.164 e. The maximum atomic E-state index is 12.5. The van der Waals surface area contributed by atoms with Gasteiger partial charge >= 0.3 is 0 Å². The second-order valence-corrected chi connectivity index (χ2v) is 13.3. The van der Waals surface area contributed by atoms with Gasteiger partial charge in [0.05, 0.1) is 38.4 Å². The first kappa shape index (κ1) is 35.9. The fourth-order valence-corrected chi connectivity index (χ4v) is 6.90. The number of halogens is 1. The molecule has 1 aliphatic heterocycles. The van der Waals surface area contributed by atoms with Crippen LogP contribution >= 0.6 is 11.6 Å². The molecule has 6 atom stereocenters. The van der Waals surface area contributed by atoms with E-state index in [0.717, 1.165) is 27.8 Å². The molecule has 1 N–H and O–H groups in total. The van der Waals surface area contributed by atoms with Gasteiger partial charge in [0.25, 0.3) is 0 Å². The van der Waals surface area contributed by atoms with Gasteiger partial charge in [0.1, 0.15) is 47.6 Å². The van der Waals surface area contributed by atoms with Crippen LogP contribution in [0.3, 0.4) is 0 Å². The van der Waals surface area contributed by atoms with Crippen LogP contribution in [0.2, 0.25) is 5.15 Å². The number of nitrogens with zero attached hydrogens (tertiary/aromatic N) is 3. The highest BCUT2D eigenvalue weighted by atomic mass is 35.5. The molecule has 0 saturated carbocycles. The Morgan fingerprint density at radius 2 is 1.13 bits per heavy atom. The topological polar surface area (TPSA) is 97.1 Å². The highest BCUT2D eigenvalue weighted by molar-refractivity contribution is 6.34. The molecular weight excluding hydrogens is 678 g/mol. The van der Waals surface area contributed by atoms with Gasteiger partial charge in [0.2, 0.25) is 0 Å². The zero-order chi connectivity index (χ0) is 35.7. The quantitative estimate of drug-likeness (QED) is 0.115. The molecule has 268 valence electrons. The van der Waals surface area contributed by atoms with E-state index < -0.39 is 36.7 Å². The minimum Gasteiger partial charge on any atom is -0.386 e. The fraction of sp³-hybridized carbons (Fsp3) is 0.286. The molecule has 1 aliphatic rings. The second-order valence-electron chi connectivity index (χ2n) is 12.9. The van der Waals surface area contributed by atoms with E-state index in [0.29, 0.717) is 22.8 Å². The first-order valence-corrected chi connectivity index (χ1v) is 17.8. The Hall–Kier alpha value is -4.45. The van der Waals surface area contributed by atoms with Crippen molar-refractivity contribution in [3.8, 4) is 0 Å². The number of fused-ring (bicyclic) bond motifs is 1. The van der Waals surface area contributed by atoms with Gasteiger partial charge in [-0.15, -0.1) is 0 Å². The second kappa shape index (κ2) is 17.4. The third-order valence-corrected chi connectivity index (χ3v) is 9.52. The summed E-state index contributed by atoms with van der Waals surface area (Å²) in [6, 6.07) is 39.7. The van der Waals surface area contributed by atoms with Crippen LogP contribution in [0.15, 0.2) is 134 Å². The van der Waals surface area contributed by atoms with Crippen molar-refractivity contribution in [2.24, 2.45) is 0 Å². The average molecular weight is 720 g/mol. The summed E-state index contributed by atoms with van der Waals surface area (Å²) in [5.74, 6) is 0. The van der Waals surface area contributed by atoms with Crippen molar-refractivity contribution >= 4 is 22.6 Å². The minimum atomic E-state index is -1.24. The molecule has 9 nitrogen and oxygen atoms in total. The molecule has 0 radical (unpaired) electrons. The first-order valence-electron chi connectivity index (χ1n) is 17.4. The molecule has 1 fully saturated rings. The van der Waals surface area contributed by atoms with E-state index in [4.69, 9.17) is 35.3 Å². The number of aryl methyl sites for hydroxylation is 1. The molecule has 0 unspecified atom stereocenters. The van der Waals surface area contributed by atoms with E-state index in [-0.39, 0.29) is 26.4 Å². The zero-order valence-electron chi connectivity index (χ0n) is 28.9. The van der Waals surface area contributed by atoms with Gasteiger partial charge in [-0.3, -0.25) is 0 Å². The van der Waals surface area contributed by atoms with Crippen LogP contribution in [0.1, 0.15) is 34.0 Å². The molecule has 52 heavy (non-hydrogen) atoms. The number of aliphatic hydroxyl groups excluding tert-OH is 1. The largest absolute Gasteiger partial charge is 0.386 e. The van der Waals surface area contributed by atoms with Crippen LogP contribution in [0.5, 0.6) is 0 Å². The Kier molecular flexibility index (Phi) is 12.0. The number of hydrogen-bond donors (Lipinski definition) is 1. The van der Waals surface area contributed by atoms with Crippen molar-refractivity contribution in [1.29, 1.82) is 0 Å². The van der Waals surface area contributed by atoms with Crippen LogP contribution in [-0.4, -0.2) is 56.8 Å². The Morgan fingerprint density at radius 3 is 1.67 bits per heavy atom. The van der Waals surface area contributed by atoms with E-state index in [9.17, 15) is 5.11 Å². The van der Waals surface area contributed by atoms with E-state index in [1.165, 1.54) is 6.33 Å². The standard InChI is InChI=1S/C42H42ClN3O6/c1-29-22-46(41-35(29)40(43)44-28-45-41)42-36(47)38(50-25-32-18-10-4-11-19-32)39(51-26-33-20-12-5-13-21-33)37(49-24-31-16-8-3-9-17-31)34(52-42)27-48-23-30-14-6-2-7-15-30/h2-22,28,34,36-39,42,47H,23-27H2,1H3/t34-,36-,37-,38+,39+,42-/m1/s1. The minimum absolute atomic E-state index is 0.141. The lowest BCUT2D eigenvalue weighted by Crippen LogP contribution is -2.51. The molecule has 3 heterocycles. The third-order valence-electron chi connectivity index (χ3n) is 9.23.